The van der Waals surface area contributed by atoms with Gasteiger partial charge in [0.1, 0.15) is 5.75 Å². The van der Waals surface area contributed by atoms with E-state index in [0.29, 0.717) is 18.8 Å². The molecule has 0 bridgehead atoms. The molecule has 0 radical (unpaired) electrons. The number of thiophene rings is 1. The van der Waals surface area contributed by atoms with Gasteiger partial charge in [0.15, 0.2) is 4.88 Å². The highest BCUT2D eigenvalue weighted by Gasteiger charge is 2.14. The highest BCUT2D eigenvalue weighted by atomic mass is 32.1. The van der Waals surface area contributed by atoms with Crippen LogP contribution in [0.2, 0.25) is 0 Å². The van der Waals surface area contributed by atoms with Gasteiger partial charge in [-0.3, -0.25) is 0 Å². The lowest BCUT2D eigenvalue weighted by molar-refractivity contribution is 0.0698. The van der Waals surface area contributed by atoms with E-state index in [2.05, 4.69) is 5.92 Å². The minimum absolute atomic E-state index is 0.236. The summed E-state index contributed by atoms with van der Waals surface area (Å²) in [7, 11) is 0. The van der Waals surface area contributed by atoms with Crippen LogP contribution in [0.4, 0.5) is 0 Å². The predicted molar refractivity (Wildman–Crippen MR) is 55.0 cm³/mol. The number of carbonyl (C=O) groups is 1. The highest BCUT2D eigenvalue weighted by Crippen LogP contribution is 2.28. The van der Waals surface area contributed by atoms with Crippen molar-refractivity contribution in [2.45, 2.75) is 13.3 Å². The Kier molecular flexibility index (Phi) is 3.55. The van der Waals surface area contributed by atoms with Crippen molar-refractivity contribution in [1.82, 2.24) is 0 Å². The number of hydrogen-bond acceptors (Lipinski definition) is 3. The zero-order chi connectivity index (χ0) is 10.6. The maximum Gasteiger partial charge on any atom is 0.349 e. The third kappa shape index (κ3) is 2.51. The summed E-state index contributed by atoms with van der Waals surface area (Å²) in [5.41, 5.74) is 0. The second kappa shape index (κ2) is 4.68. The maximum absolute atomic E-state index is 10.8. The lowest BCUT2D eigenvalue weighted by Gasteiger charge is -2.01. The number of aryl methyl sites for hydroxylation is 1. The van der Waals surface area contributed by atoms with Crippen LogP contribution < -0.4 is 4.74 Å². The van der Waals surface area contributed by atoms with Crippen LogP contribution in [0.15, 0.2) is 6.07 Å². The summed E-state index contributed by atoms with van der Waals surface area (Å²) in [5, 5.41) is 8.83. The third-order valence-electron chi connectivity index (χ3n) is 1.52. The van der Waals surface area contributed by atoms with E-state index in [4.69, 9.17) is 16.3 Å². The van der Waals surface area contributed by atoms with Gasteiger partial charge in [0, 0.05) is 11.3 Å². The van der Waals surface area contributed by atoms with Crippen molar-refractivity contribution >= 4 is 17.3 Å². The average Bonchev–Trinajstić information content (AvgIpc) is 2.47. The van der Waals surface area contributed by atoms with Crippen molar-refractivity contribution in [2.75, 3.05) is 6.61 Å². The topological polar surface area (TPSA) is 46.5 Å². The van der Waals surface area contributed by atoms with E-state index in [0.717, 1.165) is 4.88 Å². The Morgan fingerprint density at radius 1 is 1.79 bits per heavy atom. The van der Waals surface area contributed by atoms with Crippen molar-refractivity contribution in [3.8, 4) is 18.1 Å². The van der Waals surface area contributed by atoms with Crippen molar-refractivity contribution in [2.24, 2.45) is 0 Å². The molecule has 0 amide bonds. The summed E-state index contributed by atoms with van der Waals surface area (Å²) in [5.74, 6) is 1.88. The molecule has 1 heterocycles. The number of carboxylic acid groups (broad SMARTS) is 1. The van der Waals surface area contributed by atoms with Crippen molar-refractivity contribution < 1.29 is 14.6 Å². The Hall–Kier alpha value is -1.47. The lowest BCUT2D eigenvalue weighted by Crippen LogP contribution is -2.00. The fraction of sp³-hybridized carbons (Fsp3) is 0.300. The van der Waals surface area contributed by atoms with E-state index in [-0.39, 0.29) is 4.88 Å². The molecule has 0 aliphatic carbocycles. The molecule has 0 saturated carbocycles. The lowest BCUT2D eigenvalue weighted by atomic mass is 10.4. The van der Waals surface area contributed by atoms with Gasteiger partial charge in [-0.25, -0.2) is 4.79 Å². The minimum Gasteiger partial charge on any atom is -0.491 e. The molecule has 74 valence electrons. The molecule has 0 aliphatic rings. The van der Waals surface area contributed by atoms with Crippen LogP contribution in [-0.4, -0.2) is 17.7 Å². The van der Waals surface area contributed by atoms with Crippen LogP contribution in [-0.2, 0) is 0 Å². The molecule has 4 heteroatoms. The van der Waals surface area contributed by atoms with Crippen molar-refractivity contribution in [3.63, 3.8) is 0 Å². The van der Waals surface area contributed by atoms with Gasteiger partial charge in [0.2, 0.25) is 0 Å². The summed E-state index contributed by atoms with van der Waals surface area (Å²) in [6.45, 7) is 2.19. The van der Waals surface area contributed by atoms with E-state index in [1.165, 1.54) is 11.3 Å². The largest absolute Gasteiger partial charge is 0.491 e. The van der Waals surface area contributed by atoms with Crippen LogP contribution in [0.3, 0.4) is 0 Å². The summed E-state index contributed by atoms with van der Waals surface area (Å²) >= 11 is 1.20. The molecule has 14 heavy (non-hydrogen) atoms. The summed E-state index contributed by atoms with van der Waals surface area (Å²) in [6.07, 6.45) is 5.53. The van der Waals surface area contributed by atoms with Gasteiger partial charge in [-0.1, -0.05) is 0 Å². The molecule has 1 rings (SSSR count). The normalized spacial score (nSPS) is 9.43. The van der Waals surface area contributed by atoms with E-state index < -0.39 is 5.97 Å². The van der Waals surface area contributed by atoms with E-state index >= 15 is 0 Å². The molecule has 1 aromatic heterocycles. The molecule has 0 saturated heterocycles. The molecule has 0 aliphatic heterocycles. The highest BCUT2D eigenvalue weighted by molar-refractivity contribution is 7.14. The Morgan fingerprint density at radius 2 is 2.50 bits per heavy atom. The first kappa shape index (κ1) is 10.6. The molecule has 1 N–H and O–H groups in total. The molecular formula is C10H10O3S. The quantitative estimate of drug-likeness (QED) is 0.612. The van der Waals surface area contributed by atoms with Gasteiger partial charge in [-0.05, 0) is 13.0 Å². The molecule has 0 spiro atoms. The van der Waals surface area contributed by atoms with Crippen molar-refractivity contribution in [1.29, 1.82) is 0 Å². The first-order valence-electron chi connectivity index (χ1n) is 4.05. The summed E-state index contributed by atoms with van der Waals surface area (Å²) < 4.78 is 5.25. The SMILES string of the molecule is C#CCCOc1cc(C)sc1C(=O)O. The average molecular weight is 210 g/mol. The van der Waals surface area contributed by atoms with E-state index in [1.807, 2.05) is 6.92 Å². The van der Waals surface area contributed by atoms with Gasteiger partial charge >= 0.3 is 5.97 Å². The Labute approximate surface area is 86.3 Å². The monoisotopic (exact) mass is 210 g/mol. The zero-order valence-corrected chi connectivity index (χ0v) is 8.56. The smallest absolute Gasteiger partial charge is 0.349 e. The van der Waals surface area contributed by atoms with Crippen LogP contribution in [0.1, 0.15) is 21.0 Å². The maximum atomic E-state index is 10.8. The van der Waals surface area contributed by atoms with Gasteiger partial charge < -0.3 is 9.84 Å². The number of aromatic carboxylic acids is 1. The number of ether oxygens (including phenoxy) is 1. The standard InChI is InChI=1S/C10H10O3S/c1-3-4-5-13-8-6-7(2)14-9(8)10(11)12/h1,6H,4-5H2,2H3,(H,11,12). The summed E-state index contributed by atoms with van der Waals surface area (Å²) in [6, 6.07) is 1.71. The van der Waals surface area contributed by atoms with Gasteiger partial charge in [-0.15, -0.1) is 23.7 Å². The molecule has 0 atom stereocenters. The Morgan fingerprint density at radius 3 is 3.07 bits per heavy atom. The minimum atomic E-state index is -0.959. The van der Waals surface area contributed by atoms with Crippen molar-refractivity contribution in [3.05, 3.63) is 15.8 Å². The summed E-state index contributed by atoms with van der Waals surface area (Å²) in [4.78, 5) is 11.9. The Balaban J connectivity index is 2.75. The number of terminal acetylenes is 1. The van der Waals surface area contributed by atoms with Gasteiger partial charge in [-0.2, -0.15) is 0 Å². The zero-order valence-electron chi connectivity index (χ0n) is 7.74. The second-order valence-electron chi connectivity index (χ2n) is 2.66. The fourth-order valence-electron chi connectivity index (χ4n) is 0.967. The van der Waals surface area contributed by atoms with Crippen LogP contribution in [0, 0.1) is 19.3 Å². The van der Waals surface area contributed by atoms with Crippen LogP contribution >= 0.6 is 11.3 Å². The molecule has 3 nitrogen and oxygen atoms in total. The van der Waals surface area contributed by atoms with E-state index in [9.17, 15) is 4.79 Å². The van der Waals surface area contributed by atoms with E-state index in [1.54, 1.807) is 6.07 Å². The first-order chi connectivity index (χ1) is 6.65. The first-order valence-corrected chi connectivity index (χ1v) is 4.86. The second-order valence-corrected chi connectivity index (χ2v) is 3.91. The molecule has 0 unspecified atom stereocenters. The fourth-order valence-corrected chi connectivity index (χ4v) is 1.76. The number of carboxylic acids is 1. The molecule has 0 fully saturated rings. The Bertz CT molecular complexity index is 373. The number of rotatable bonds is 4. The van der Waals surface area contributed by atoms with Gasteiger partial charge in [0.25, 0.3) is 0 Å². The third-order valence-corrected chi connectivity index (χ3v) is 2.54. The molecule has 0 aromatic carbocycles. The predicted octanol–water partition coefficient (Wildman–Crippen LogP) is 2.16. The number of hydrogen-bond donors (Lipinski definition) is 1. The van der Waals surface area contributed by atoms with Crippen LogP contribution in [0.5, 0.6) is 5.75 Å². The molecule has 1 aromatic rings. The van der Waals surface area contributed by atoms with Gasteiger partial charge in [0.05, 0.1) is 6.61 Å². The molecular weight excluding hydrogens is 200 g/mol. The van der Waals surface area contributed by atoms with Crippen LogP contribution in [0.25, 0.3) is 0 Å².